The lowest BCUT2D eigenvalue weighted by Crippen LogP contribution is -1.88. The molecule has 19 heavy (non-hydrogen) atoms. The maximum atomic E-state index is 9.20. The largest absolute Gasteiger partial charge is 0.508 e. The monoisotopic (exact) mass is 274 g/mol. The van der Waals surface area contributed by atoms with Crippen LogP contribution in [0.15, 0.2) is 48.5 Å². The van der Waals surface area contributed by atoms with E-state index in [0.29, 0.717) is 5.75 Å². The number of aryl methyl sites for hydroxylation is 2. The first-order valence-corrected chi connectivity index (χ1v) is 7.14. The summed E-state index contributed by atoms with van der Waals surface area (Å²) in [7, 11) is 0. The second-order valence-corrected chi connectivity index (χ2v) is 5.29. The van der Waals surface area contributed by atoms with E-state index in [1.54, 1.807) is 12.1 Å². The van der Waals surface area contributed by atoms with Crippen molar-refractivity contribution in [2.75, 3.05) is 0 Å². The molecular weight excluding hydrogens is 256 g/mol. The van der Waals surface area contributed by atoms with Crippen molar-refractivity contribution >= 4 is 11.6 Å². The van der Waals surface area contributed by atoms with Gasteiger partial charge in [-0.3, -0.25) is 0 Å². The van der Waals surface area contributed by atoms with Crippen LogP contribution >= 0.6 is 11.6 Å². The summed E-state index contributed by atoms with van der Waals surface area (Å²) in [6.45, 7) is 0. The highest BCUT2D eigenvalue weighted by Crippen LogP contribution is 2.14. The van der Waals surface area contributed by atoms with Gasteiger partial charge in [0, 0.05) is 5.02 Å². The van der Waals surface area contributed by atoms with Crippen molar-refractivity contribution in [3.8, 4) is 5.75 Å². The van der Waals surface area contributed by atoms with Crippen LogP contribution in [0.25, 0.3) is 0 Å². The first kappa shape index (κ1) is 14.0. The normalized spacial score (nSPS) is 10.6. The molecule has 0 saturated heterocycles. The summed E-state index contributed by atoms with van der Waals surface area (Å²) in [6, 6.07) is 15.6. The van der Waals surface area contributed by atoms with Crippen LogP contribution in [0.2, 0.25) is 5.02 Å². The van der Waals surface area contributed by atoms with Gasteiger partial charge in [0.25, 0.3) is 0 Å². The maximum absolute atomic E-state index is 9.20. The highest BCUT2D eigenvalue weighted by Gasteiger charge is 1.96. The highest BCUT2D eigenvalue weighted by atomic mass is 35.5. The standard InChI is InChI=1S/C17H19ClO/c18-16-10-6-14(7-11-16)4-2-1-3-5-15-8-12-17(19)13-9-15/h6-13,19H,1-5H2. The zero-order chi connectivity index (χ0) is 13.5. The third kappa shape index (κ3) is 4.96. The predicted octanol–water partition coefficient (Wildman–Crippen LogP) is 5.00. The summed E-state index contributed by atoms with van der Waals surface area (Å²) in [6.07, 6.45) is 5.83. The topological polar surface area (TPSA) is 20.2 Å². The minimum absolute atomic E-state index is 0.339. The second-order valence-electron chi connectivity index (χ2n) is 4.85. The summed E-state index contributed by atoms with van der Waals surface area (Å²) < 4.78 is 0. The van der Waals surface area contributed by atoms with E-state index < -0.39 is 0 Å². The first-order chi connectivity index (χ1) is 9.24. The fourth-order valence-corrected chi connectivity index (χ4v) is 2.27. The van der Waals surface area contributed by atoms with E-state index in [9.17, 15) is 5.11 Å². The smallest absolute Gasteiger partial charge is 0.115 e. The van der Waals surface area contributed by atoms with Gasteiger partial charge in [-0.15, -0.1) is 0 Å². The number of halogens is 1. The SMILES string of the molecule is Oc1ccc(CCCCCc2ccc(Cl)cc2)cc1. The summed E-state index contributed by atoms with van der Waals surface area (Å²) in [5, 5.41) is 10.0. The highest BCUT2D eigenvalue weighted by molar-refractivity contribution is 6.30. The lowest BCUT2D eigenvalue weighted by atomic mass is 10.0. The molecule has 2 aromatic rings. The van der Waals surface area contributed by atoms with Crippen molar-refractivity contribution in [2.45, 2.75) is 32.1 Å². The summed E-state index contributed by atoms with van der Waals surface area (Å²) in [5.74, 6) is 0.339. The van der Waals surface area contributed by atoms with Crippen molar-refractivity contribution in [2.24, 2.45) is 0 Å². The molecule has 1 nitrogen and oxygen atoms in total. The Kier molecular flexibility index (Phi) is 5.29. The number of hydrogen-bond donors (Lipinski definition) is 1. The number of phenolic OH excluding ortho intramolecular Hbond substituents is 1. The molecule has 0 saturated carbocycles. The Bertz CT molecular complexity index is 440. The van der Waals surface area contributed by atoms with Gasteiger partial charge in [0.15, 0.2) is 0 Å². The second kappa shape index (κ2) is 7.20. The minimum Gasteiger partial charge on any atom is -0.508 e. The van der Waals surface area contributed by atoms with Crippen LogP contribution in [-0.2, 0) is 12.8 Å². The Hall–Kier alpha value is -1.47. The molecule has 0 atom stereocenters. The van der Waals surface area contributed by atoms with Crippen molar-refractivity contribution in [3.63, 3.8) is 0 Å². The summed E-state index contributed by atoms with van der Waals surface area (Å²) in [4.78, 5) is 0. The maximum Gasteiger partial charge on any atom is 0.115 e. The van der Waals surface area contributed by atoms with Gasteiger partial charge in [-0.25, -0.2) is 0 Å². The van der Waals surface area contributed by atoms with Gasteiger partial charge in [-0.1, -0.05) is 42.3 Å². The number of unbranched alkanes of at least 4 members (excludes halogenated alkanes) is 2. The van der Waals surface area contributed by atoms with Crippen LogP contribution in [0.4, 0.5) is 0 Å². The molecule has 2 heteroatoms. The van der Waals surface area contributed by atoms with Gasteiger partial charge in [0.2, 0.25) is 0 Å². The van der Waals surface area contributed by atoms with Gasteiger partial charge < -0.3 is 5.11 Å². The van der Waals surface area contributed by atoms with Gasteiger partial charge in [-0.2, -0.15) is 0 Å². The quantitative estimate of drug-likeness (QED) is 0.735. The molecule has 0 heterocycles. The van der Waals surface area contributed by atoms with E-state index in [1.807, 2.05) is 24.3 Å². The molecule has 0 aliphatic rings. The molecule has 0 aliphatic carbocycles. The molecule has 0 radical (unpaired) electrons. The lowest BCUT2D eigenvalue weighted by Gasteiger charge is -2.03. The molecule has 2 aromatic carbocycles. The van der Waals surface area contributed by atoms with Crippen LogP contribution in [0.5, 0.6) is 5.75 Å². The Morgan fingerprint density at radius 2 is 1.16 bits per heavy atom. The van der Waals surface area contributed by atoms with Crippen LogP contribution in [0, 0.1) is 0 Å². The molecule has 0 fully saturated rings. The number of aromatic hydroxyl groups is 1. The third-order valence-electron chi connectivity index (χ3n) is 3.28. The summed E-state index contributed by atoms with van der Waals surface area (Å²) >= 11 is 5.86. The van der Waals surface area contributed by atoms with E-state index in [0.717, 1.165) is 17.9 Å². The average Bonchev–Trinajstić information content (AvgIpc) is 2.43. The van der Waals surface area contributed by atoms with E-state index in [-0.39, 0.29) is 0 Å². The van der Waals surface area contributed by atoms with Crippen LogP contribution in [-0.4, -0.2) is 5.11 Å². The Labute approximate surface area is 119 Å². The molecule has 1 N–H and O–H groups in total. The fourth-order valence-electron chi connectivity index (χ4n) is 2.15. The number of rotatable bonds is 6. The Morgan fingerprint density at radius 1 is 0.684 bits per heavy atom. The molecule has 0 aromatic heterocycles. The minimum atomic E-state index is 0.339. The van der Waals surface area contributed by atoms with E-state index in [2.05, 4.69) is 12.1 Å². The fraction of sp³-hybridized carbons (Fsp3) is 0.294. The zero-order valence-corrected chi connectivity index (χ0v) is 11.7. The van der Waals surface area contributed by atoms with Crippen molar-refractivity contribution in [1.29, 1.82) is 0 Å². The molecular formula is C17H19ClO. The zero-order valence-electron chi connectivity index (χ0n) is 11.0. The number of benzene rings is 2. The van der Waals surface area contributed by atoms with E-state index in [4.69, 9.17) is 11.6 Å². The van der Waals surface area contributed by atoms with E-state index >= 15 is 0 Å². The molecule has 0 spiro atoms. The Morgan fingerprint density at radius 3 is 1.68 bits per heavy atom. The predicted molar refractivity (Wildman–Crippen MR) is 80.8 cm³/mol. The average molecular weight is 275 g/mol. The molecule has 0 amide bonds. The van der Waals surface area contributed by atoms with E-state index in [1.165, 1.54) is 30.4 Å². The van der Waals surface area contributed by atoms with Crippen molar-refractivity contribution < 1.29 is 5.11 Å². The molecule has 0 bridgehead atoms. The molecule has 0 unspecified atom stereocenters. The molecule has 0 aliphatic heterocycles. The van der Waals surface area contributed by atoms with Crippen LogP contribution in [0.3, 0.4) is 0 Å². The molecule has 100 valence electrons. The van der Waals surface area contributed by atoms with Crippen LogP contribution in [0.1, 0.15) is 30.4 Å². The van der Waals surface area contributed by atoms with Gasteiger partial charge in [0.05, 0.1) is 0 Å². The van der Waals surface area contributed by atoms with Gasteiger partial charge in [0.1, 0.15) is 5.75 Å². The first-order valence-electron chi connectivity index (χ1n) is 6.76. The summed E-state index contributed by atoms with van der Waals surface area (Å²) in [5.41, 5.74) is 2.65. The number of hydrogen-bond acceptors (Lipinski definition) is 1. The van der Waals surface area contributed by atoms with Crippen molar-refractivity contribution in [1.82, 2.24) is 0 Å². The van der Waals surface area contributed by atoms with Gasteiger partial charge in [-0.05, 0) is 61.1 Å². The van der Waals surface area contributed by atoms with Crippen molar-refractivity contribution in [3.05, 3.63) is 64.7 Å². The number of phenols is 1. The molecule has 2 rings (SSSR count). The Balaban J connectivity index is 1.64. The lowest BCUT2D eigenvalue weighted by molar-refractivity contribution is 0.475. The van der Waals surface area contributed by atoms with Crippen LogP contribution < -0.4 is 0 Å². The third-order valence-corrected chi connectivity index (χ3v) is 3.53. The van der Waals surface area contributed by atoms with Gasteiger partial charge >= 0.3 is 0 Å².